The first-order valence-corrected chi connectivity index (χ1v) is 13.3. The lowest BCUT2D eigenvalue weighted by molar-refractivity contribution is -0.151. The van der Waals surface area contributed by atoms with Crippen LogP contribution in [0.5, 0.6) is 0 Å². The van der Waals surface area contributed by atoms with Crippen molar-refractivity contribution in [3.8, 4) is 12.3 Å². The first-order chi connectivity index (χ1) is 18.3. The van der Waals surface area contributed by atoms with Gasteiger partial charge in [-0.15, -0.1) is 6.42 Å². The van der Waals surface area contributed by atoms with E-state index in [-0.39, 0.29) is 35.8 Å². The van der Waals surface area contributed by atoms with Crippen molar-refractivity contribution in [1.29, 1.82) is 0 Å². The molecule has 1 aliphatic carbocycles. The fourth-order valence-electron chi connectivity index (χ4n) is 5.22. The van der Waals surface area contributed by atoms with E-state index >= 15 is 0 Å². The summed E-state index contributed by atoms with van der Waals surface area (Å²) < 4.78 is 25.9. The Labute approximate surface area is 228 Å². The van der Waals surface area contributed by atoms with Gasteiger partial charge in [0, 0.05) is 28.5 Å². The molecule has 2 aromatic rings. The van der Waals surface area contributed by atoms with E-state index in [0.29, 0.717) is 28.9 Å². The zero-order valence-electron chi connectivity index (χ0n) is 21.9. The summed E-state index contributed by atoms with van der Waals surface area (Å²) in [5.41, 5.74) is 1.99. The zero-order valence-corrected chi connectivity index (χ0v) is 22.7. The second kappa shape index (κ2) is 12.6. The van der Waals surface area contributed by atoms with Gasteiger partial charge in [-0.1, -0.05) is 50.8 Å². The maximum absolute atomic E-state index is 14.0. The Morgan fingerprint density at radius 1 is 1.26 bits per heavy atom. The number of aromatic nitrogens is 1. The molecule has 1 saturated carbocycles. The summed E-state index contributed by atoms with van der Waals surface area (Å²) in [4.78, 5) is 22.9. The number of rotatable bonds is 8. The molecule has 1 fully saturated rings. The Balaban J connectivity index is 1.78. The molecule has 0 saturated heterocycles. The van der Waals surface area contributed by atoms with Crippen LogP contribution in [0.4, 0.5) is 4.39 Å². The number of nitrogens with zero attached hydrogens (tertiary/aromatic N) is 2. The number of hydrogen-bond donors (Lipinski definition) is 1. The van der Waals surface area contributed by atoms with Crippen LogP contribution in [0.3, 0.4) is 0 Å². The third-order valence-electron chi connectivity index (χ3n) is 7.21. The molecule has 2 aliphatic rings. The Hall–Kier alpha value is -3.21. The van der Waals surface area contributed by atoms with Gasteiger partial charge in [0.05, 0.1) is 17.9 Å². The van der Waals surface area contributed by atoms with Gasteiger partial charge >= 0.3 is 5.97 Å². The van der Waals surface area contributed by atoms with Crippen molar-refractivity contribution in [2.24, 2.45) is 22.7 Å². The number of aliphatic imine (C=N–C) groups is 1. The number of hydrogen-bond acceptors (Lipinski definition) is 6. The number of esters is 1. The Kier molecular flexibility index (Phi) is 9.19. The molecule has 0 bridgehead atoms. The molecule has 4 rings (SSSR count). The number of pyridine rings is 1. The predicted molar refractivity (Wildman–Crippen MR) is 146 cm³/mol. The number of nitrogens with one attached hydrogen (secondary N) is 1. The average molecular weight is 538 g/mol. The van der Waals surface area contributed by atoms with Gasteiger partial charge in [-0.2, -0.15) is 0 Å². The molecular weight excluding hydrogens is 505 g/mol. The van der Waals surface area contributed by atoms with Gasteiger partial charge in [-0.25, -0.2) is 9.18 Å². The van der Waals surface area contributed by atoms with Gasteiger partial charge in [0.1, 0.15) is 30.4 Å². The van der Waals surface area contributed by atoms with Crippen LogP contribution in [-0.2, 0) is 14.3 Å². The first kappa shape index (κ1) is 27.8. The minimum absolute atomic E-state index is 0.0305. The Bertz CT molecular complexity index is 1260. The van der Waals surface area contributed by atoms with Crippen molar-refractivity contribution in [2.45, 2.75) is 52.2 Å². The summed E-state index contributed by atoms with van der Waals surface area (Å²) in [6, 6.07) is 6.83. The third kappa shape index (κ3) is 6.43. The number of terminal acetylenes is 1. The largest absolute Gasteiger partial charge is 0.459 e. The SMILES string of the molecule is C#CCOCC1=C(C(=O)O[C@@H]2C[C@H](C)CC[C@H]2C(C)C)[C@@H](c2ccc(F)cc2Cl)N=C(c2ccncc2)N1. The lowest BCUT2D eigenvalue weighted by Crippen LogP contribution is -2.39. The minimum Gasteiger partial charge on any atom is -0.459 e. The van der Waals surface area contributed by atoms with Crippen LogP contribution in [0.1, 0.15) is 57.2 Å². The molecule has 1 aliphatic heterocycles. The number of amidine groups is 1. The molecule has 8 heteroatoms. The van der Waals surface area contributed by atoms with Gasteiger partial charge in [0.25, 0.3) is 0 Å². The molecule has 1 aromatic carbocycles. The molecule has 1 N–H and O–H groups in total. The van der Waals surface area contributed by atoms with Crippen LogP contribution in [-0.4, -0.2) is 36.1 Å². The van der Waals surface area contributed by atoms with Crippen molar-refractivity contribution >= 4 is 23.4 Å². The Morgan fingerprint density at radius 2 is 2.03 bits per heavy atom. The van der Waals surface area contributed by atoms with E-state index in [1.807, 2.05) is 0 Å². The van der Waals surface area contributed by atoms with Gasteiger partial charge in [0.15, 0.2) is 0 Å². The number of carbonyl (C=O) groups excluding carboxylic acids is 1. The second-order valence-electron chi connectivity index (χ2n) is 10.3. The number of benzene rings is 1. The van der Waals surface area contributed by atoms with Gasteiger partial charge in [-0.3, -0.25) is 9.98 Å². The summed E-state index contributed by atoms with van der Waals surface area (Å²) in [5.74, 6) is 3.07. The molecule has 6 nitrogen and oxygen atoms in total. The fourth-order valence-corrected chi connectivity index (χ4v) is 5.49. The monoisotopic (exact) mass is 537 g/mol. The maximum atomic E-state index is 14.0. The summed E-state index contributed by atoms with van der Waals surface area (Å²) >= 11 is 6.50. The lowest BCUT2D eigenvalue weighted by atomic mass is 9.75. The highest BCUT2D eigenvalue weighted by molar-refractivity contribution is 6.31. The van der Waals surface area contributed by atoms with Crippen molar-refractivity contribution in [3.63, 3.8) is 0 Å². The van der Waals surface area contributed by atoms with Crippen LogP contribution in [0.25, 0.3) is 0 Å². The predicted octanol–water partition coefficient (Wildman–Crippen LogP) is 5.87. The molecule has 38 heavy (non-hydrogen) atoms. The van der Waals surface area contributed by atoms with E-state index in [2.05, 4.69) is 37.0 Å². The summed E-state index contributed by atoms with van der Waals surface area (Å²) in [6.45, 7) is 6.60. The van der Waals surface area contributed by atoms with Crippen LogP contribution in [0, 0.1) is 35.9 Å². The van der Waals surface area contributed by atoms with Crippen molar-refractivity contribution < 1.29 is 18.7 Å². The molecule has 4 atom stereocenters. The van der Waals surface area contributed by atoms with E-state index < -0.39 is 17.8 Å². The quantitative estimate of drug-likeness (QED) is 0.259. The highest BCUT2D eigenvalue weighted by Crippen LogP contribution is 2.39. The molecule has 0 unspecified atom stereocenters. The second-order valence-corrected chi connectivity index (χ2v) is 10.7. The van der Waals surface area contributed by atoms with Crippen molar-refractivity contribution in [3.05, 3.63) is 76.0 Å². The highest BCUT2D eigenvalue weighted by Gasteiger charge is 2.38. The van der Waals surface area contributed by atoms with Gasteiger partial charge in [0.2, 0.25) is 0 Å². The highest BCUT2D eigenvalue weighted by atomic mass is 35.5. The molecule has 0 spiro atoms. The van der Waals surface area contributed by atoms with Gasteiger partial charge < -0.3 is 14.8 Å². The normalized spacial score (nSPS) is 23.4. The molecule has 1 aromatic heterocycles. The van der Waals surface area contributed by atoms with E-state index in [9.17, 15) is 9.18 Å². The van der Waals surface area contributed by atoms with Crippen LogP contribution in [0.2, 0.25) is 5.02 Å². The molecule has 0 radical (unpaired) electrons. The smallest absolute Gasteiger partial charge is 0.338 e. The number of ether oxygens (including phenoxy) is 2. The molecule has 2 heterocycles. The van der Waals surface area contributed by atoms with E-state index in [1.54, 1.807) is 30.6 Å². The van der Waals surface area contributed by atoms with Gasteiger partial charge in [-0.05, 0) is 54.9 Å². The average Bonchev–Trinajstić information content (AvgIpc) is 2.89. The third-order valence-corrected chi connectivity index (χ3v) is 7.54. The number of halogens is 2. The van der Waals surface area contributed by atoms with E-state index in [0.717, 1.165) is 24.8 Å². The Morgan fingerprint density at radius 3 is 2.71 bits per heavy atom. The fraction of sp³-hybridized carbons (Fsp3) is 0.433. The van der Waals surface area contributed by atoms with Crippen LogP contribution in [0.15, 0.2) is 59.0 Å². The van der Waals surface area contributed by atoms with E-state index in [1.165, 1.54) is 12.1 Å². The summed E-state index contributed by atoms with van der Waals surface area (Å²) in [7, 11) is 0. The topological polar surface area (TPSA) is 72.8 Å². The first-order valence-electron chi connectivity index (χ1n) is 12.9. The molecule has 0 amide bonds. The summed E-state index contributed by atoms with van der Waals surface area (Å²) in [6.07, 6.45) is 11.4. The lowest BCUT2D eigenvalue weighted by Gasteiger charge is -2.37. The minimum atomic E-state index is -0.844. The number of carbonyl (C=O) groups is 1. The van der Waals surface area contributed by atoms with Crippen molar-refractivity contribution in [2.75, 3.05) is 13.2 Å². The van der Waals surface area contributed by atoms with Crippen LogP contribution >= 0.6 is 11.6 Å². The zero-order chi connectivity index (χ0) is 27.2. The summed E-state index contributed by atoms with van der Waals surface area (Å²) in [5, 5.41) is 3.42. The molecule has 200 valence electrons. The van der Waals surface area contributed by atoms with Crippen LogP contribution < -0.4 is 5.32 Å². The van der Waals surface area contributed by atoms with E-state index in [4.69, 9.17) is 32.5 Å². The maximum Gasteiger partial charge on any atom is 0.338 e. The standard InChI is InChI=1S/C30H33ClFN3O3/c1-5-14-37-17-25-27(30(36)38-26-15-19(4)6-8-22(26)18(2)3)28(23-9-7-21(32)16-24(23)31)35-29(34-25)20-10-12-33-13-11-20/h1,7,9-13,16,18-19,22,26,28H,6,8,14-15,17H2,2-4H3,(H,34,35)/t19-,22+,26-,28-/m1/s1. The molecular formula is C30H33ClFN3O3. The van der Waals surface area contributed by atoms with Crippen molar-refractivity contribution in [1.82, 2.24) is 10.3 Å².